The predicted molar refractivity (Wildman–Crippen MR) is 125 cm³/mol. The van der Waals surface area contributed by atoms with Crippen LogP contribution in [0.25, 0.3) is 43.9 Å². The Kier molecular flexibility index (Phi) is 4.09. The van der Waals surface area contributed by atoms with Crippen LogP contribution >= 0.6 is 11.3 Å². The fourth-order valence-corrected chi connectivity index (χ4v) is 5.52. The number of aryl methyl sites for hydroxylation is 1. The van der Waals surface area contributed by atoms with E-state index in [1.165, 1.54) is 26.4 Å². The average Bonchev–Trinajstić information content (AvgIpc) is 3.50. The van der Waals surface area contributed by atoms with Crippen molar-refractivity contribution in [1.82, 2.24) is 29.9 Å². The predicted octanol–water partition coefficient (Wildman–Crippen LogP) is 4.72. The average molecular weight is 427 g/mol. The van der Waals surface area contributed by atoms with Crippen LogP contribution in [0.4, 0.5) is 0 Å². The molecule has 6 nitrogen and oxygen atoms in total. The van der Waals surface area contributed by atoms with Gasteiger partial charge in [-0.3, -0.25) is 14.8 Å². The molecule has 0 bridgehead atoms. The first-order valence-electron chi connectivity index (χ1n) is 10.3. The van der Waals surface area contributed by atoms with Crippen molar-refractivity contribution in [2.45, 2.75) is 13.0 Å². The Balaban J connectivity index is 1.34. The zero-order valence-electron chi connectivity index (χ0n) is 17.7. The maximum Gasteiger partial charge on any atom is 0.0963 e. The zero-order chi connectivity index (χ0) is 21.1. The number of nitrogens with zero attached hydrogens (tertiary/aromatic N) is 5. The molecule has 1 N–H and O–H groups in total. The normalized spacial score (nSPS) is 12.6. The summed E-state index contributed by atoms with van der Waals surface area (Å²) in [5.41, 5.74) is 9.25. The van der Waals surface area contributed by atoms with E-state index < -0.39 is 0 Å². The fraction of sp³-hybridized carbons (Fsp3) is 0.208. The molecule has 1 aliphatic carbocycles. The summed E-state index contributed by atoms with van der Waals surface area (Å²) in [5.74, 6) is 0. The van der Waals surface area contributed by atoms with Crippen molar-refractivity contribution in [3.8, 4) is 33.0 Å². The lowest BCUT2D eigenvalue weighted by molar-refractivity contribution is 0.397. The van der Waals surface area contributed by atoms with Crippen LogP contribution in [0, 0.1) is 0 Å². The van der Waals surface area contributed by atoms with E-state index in [0.29, 0.717) is 0 Å². The van der Waals surface area contributed by atoms with Crippen molar-refractivity contribution < 1.29 is 0 Å². The lowest BCUT2D eigenvalue weighted by atomic mass is 10.0. The second kappa shape index (κ2) is 6.87. The first-order valence-corrected chi connectivity index (χ1v) is 11.1. The number of aromatic amines is 1. The van der Waals surface area contributed by atoms with Gasteiger partial charge in [-0.15, -0.1) is 11.3 Å². The van der Waals surface area contributed by atoms with Gasteiger partial charge >= 0.3 is 0 Å². The van der Waals surface area contributed by atoms with Crippen LogP contribution in [-0.2, 0) is 20.0 Å². The Morgan fingerprint density at radius 1 is 1.10 bits per heavy atom. The number of aromatic nitrogens is 5. The van der Waals surface area contributed by atoms with Gasteiger partial charge in [0.1, 0.15) is 0 Å². The third-order valence-electron chi connectivity index (χ3n) is 5.89. The van der Waals surface area contributed by atoms with Gasteiger partial charge in [0.05, 0.1) is 28.8 Å². The van der Waals surface area contributed by atoms with Crippen LogP contribution in [0.3, 0.4) is 0 Å². The van der Waals surface area contributed by atoms with Gasteiger partial charge in [-0.1, -0.05) is 18.2 Å². The molecule has 0 amide bonds. The Hall–Kier alpha value is -3.29. The molecule has 31 heavy (non-hydrogen) atoms. The lowest BCUT2D eigenvalue weighted by Gasteiger charge is -2.08. The van der Waals surface area contributed by atoms with E-state index in [9.17, 15) is 0 Å². The summed E-state index contributed by atoms with van der Waals surface area (Å²) in [6.07, 6.45) is 4.80. The molecule has 0 atom stereocenters. The van der Waals surface area contributed by atoms with Crippen molar-refractivity contribution in [2.24, 2.45) is 7.05 Å². The molecule has 7 heteroatoms. The fourth-order valence-electron chi connectivity index (χ4n) is 4.35. The Labute approximate surface area is 184 Å². The number of nitrogens with one attached hydrogen (secondary N) is 1. The summed E-state index contributed by atoms with van der Waals surface area (Å²) in [7, 11) is 6.09. The summed E-state index contributed by atoms with van der Waals surface area (Å²) in [6.45, 7) is 0.853. The van der Waals surface area contributed by atoms with Gasteiger partial charge in [0.2, 0.25) is 0 Å². The molecule has 0 fully saturated rings. The summed E-state index contributed by atoms with van der Waals surface area (Å²) >= 11 is 1.85. The molecule has 0 saturated heterocycles. The first-order chi connectivity index (χ1) is 15.1. The molecule has 4 heterocycles. The summed E-state index contributed by atoms with van der Waals surface area (Å²) in [4.78, 5) is 9.41. The van der Waals surface area contributed by atoms with Crippen molar-refractivity contribution in [2.75, 3.05) is 14.1 Å². The third-order valence-corrected chi connectivity index (χ3v) is 7.08. The highest BCUT2D eigenvalue weighted by Crippen LogP contribution is 2.46. The van der Waals surface area contributed by atoms with Gasteiger partial charge in [-0.05, 0) is 32.3 Å². The third kappa shape index (κ3) is 3.00. The molecule has 0 aliphatic heterocycles. The van der Waals surface area contributed by atoms with Crippen LogP contribution in [0.5, 0.6) is 0 Å². The molecule has 1 aliphatic rings. The van der Waals surface area contributed by atoms with Gasteiger partial charge in [0, 0.05) is 63.6 Å². The summed E-state index contributed by atoms with van der Waals surface area (Å²) in [5, 5.41) is 13.5. The van der Waals surface area contributed by atoms with Gasteiger partial charge < -0.3 is 4.90 Å². The molecule has 0 saturated carbocycles. The number of hydrogen-bond acceptors (Lipinski definition) is 5. The monoisotopic (exact) mass is 426 g/mol. The van der Waals surface area contributed by atoms with Gasteiger partial charge in [0.15, 0.2) is 0 Å². The minimum atomic E-state index is 0.853. The standard InChI is InChI=1S/C24H22N6S/c1-29(2)13-17-7-6-16(11-25-17)21-9-18-22(31-21)10-19-23(27-28-24(18)19)14-4-5-15-12-26-30(3)20(15)8-14/h4-9,11-12H,10,13H2,1-3H3,(H,27,28). The minimum absolute atomic E-state index is 0.853. The van der Waals surface area contributed by atoms with E-state index in [0.717, 1.165) is 46.5 Å². The van der Waals surface area contributed by atoms with Crippen molar-refractivity contribution in [1.29, 1.82) is 0 Å². The Morgan fingerprint density at radius 3 is 2.77 bits per heavy atom. The van der Waals surface area contributed by atoms with Crippen LogP contribution < -0.4 is 0 Å². The zero-order valence-corrected chi connectivity index (χ0v) is 18.5. The summed E-state index contributed by atoms with van der Waals surface area (Å²) in [6, 6.07) is 13.0. The van der Waals surface area contributed by atoms with Crippen LogP contribution in [0.2, 0.25) is 0 Å². The molecule has 0 radical (unpaired) electrons. The van der Waals surface area contributed by atoms with Crippen molar-refractivity contribution >= 4 is 22.2 Å². The minimum Gasteiger partial charge on any atom is -0.304 e. The SMILES string of the molecule is CN(C)Cc1ccc(-c2cc3c(s2)Cc2c(-c4ccc5cnn(C)c5c4)n[nH]c2-3)cn1. The number of pyridine rings is 1. The van der Waals surface area contributed by atoms with E-state index in [-0.39, 0.29) is 0 Å². The molecule has 0 spiro atoms. The highest BCUT2D eigenvalue weighted by Gasteiger charge is 2.28. The summed E-state index contributed by atoms with van der Waals surface area (Å²) < 4.78 is 1.91. The smallest absolute Gasteiger partial charge is 0.0963 e. The van der Waals surface area contributed by atoms with Crippen LogP contribution in [0.1, 0.15) is 16.1 Å². The number of benzene rings is 1. The molecule has 4 aromatic heterocycles. The number of rotatable bonds is 4. The van der Waals surface area contributed by atoms with Crippen molar-refractivity contribution in [3.63, 3.8) is 0 Å². The number of thiophene rings is 1. The Bertz CT molecular complexity index is 1420. The van der Waals surface area contributed by atoms with Gasteiger partial charge in [-0.25, -0.2) is 0 Å². The van der Waals surface area contributed by atoms with Crippen LogP contribution in [0.15, 0.2) is 48.8 Å². The number of H-pyrrole nitrogens is 1. The topological polar surface area (TPSA) is 62.6 Å². The highest BCUT2D eigenvalue weighted by molar-refractivity contribution is 7.16. The second-order valence-corrected chi connectivity index (χ2v) is 9.50. The molecular formula is C24H22N6S. The lowest BCUT2D eigenvalue weighted by Crippen LogP contribution is -2.11. The molecule has 6 rings (SSSR count). The second-order valence-electron chi connectivity index (χ2n) is 8.37. The quantitative estimate of drug-likeness (QED) is 0.443. The van der Waals surface area contributed by atoms with E-state index in [2.05, 4.69) is 75.7 Å². The van der Waals surface area contributed by atoms with Crippen LogP contribution in [-0.4, -0.2) is 44.0 Å². The van der Waals surface area contributed by atoms with Gasteiger partial charge in [0.25, 0.3) is 0 Å². The van der Waals surface area contributed by atoms with Crippen molar-refractivity contribution in [3.05, 3.63) is 64.9 Å². The Morgan fingerprint density at radius 2 is 1.97 bits per heavy atom. The van der Waals surface area contributed by atoms with Gasteiger partial charge in [-0.2, -0.15) is 10.2 Å². The molecular weight excluding hydrogens is 404 g/mol. The molecule has 154 valence electrons. The van der Waals surface area contributed by atoms with E-state index in [1.54, 1.807) is 0 Å². The number of fused-ring (bicyclic) bond motifs is 4. The van der Waals surface area contributed by atoms with E-state index in [1.807, 2.05) is 35.5 Å². The highest BCUT2D eigenvalue weighted by atomic mass is 32.1. The maximum atomic E-state index is 4.68. The number of hydrogen-bond donors (Lipinski definition) is 1. The molecule has 1 aromatic carbocycles. The molecule has 5 aromatic rings. The molecule has 0 unspecified atom stereocenters. The maximum absolute atomic E-state index is 4.68. The van der Waals surface area contributed by atoms with E-state index >= 15 is 0 Å². The largest absolute Gasteiger partial charge is 0.304 e. The first kappa shape index (κ1) is 18.5. The van der Waals surface area contributed by atoms with E-state index in [4.69, 9.17) is 0 Å².